The third kappa shape index (κ3) is 6.39. The maximum Gasteiger partial charge on any atom is 0.259 e. The van der Waals surface area contributed by atoms with Crippen LogP contribution in [0, 0.1) is 0 Å². The van der Waals surface area contributed by atoms with Gasteiger partial charge in [-0.15, -0.1) is 0 Å². The molecule has 3 aromatic carbocycles. The first-order chi connectivity index (χ1) is 14.1. The molecule has 0 heterocycles. The van der Waals surface area contributed by atoms with Crippen molar-refractivity contribution in [1.29, 1.82) is 0 Å². The van der Waals surface area contributed by atoms with Gasteiger partial charge in [-0.1, -0.05) is 42.5 Å². The van der Waals surface area contributed by atoms with Crippen LogP contribution < -0.4 is 14.8 Å². The molecule has 1 N–H and O–H groups in total. The Morgan fingerprint density at radius 2 is 1.59 bits per heavy atom. The molecule has 1 amide bonds. The standard InChI is InChI=1S/C25H27NO3/c1-19(2)29-24-13-7-6-12-23(24)25(27)26-21-14-16-22(17-15-21)28-18-8-11-20-9-4-3-5-10-20/h3-7,9-10,12-17,19H,8,11,18H2,1-2H3,(H,26,27). The van der Waals surface area contributed by atoms with E-state index in [-0.39, 0.29) is 12.0 Å². The van der Waals surface area contributed by atoms with Crippen LogP contribution in [0.25, 0.3) is 0 Å². The minimum absolute atomic E-state index is 0.00210. The summed E-state index contributed by atoms with van der Waals surface area (Å²) in [6.07, 6.45) is 1.95. The fraction of sp³-hybridized carbons (Fsp3) is 0.240. The topological polar surface area (TPSA) is 47.6 Å². The van der Waals surface area contributed by atoms with Crippen LogP contribution in [0.5, 0.6) is 11.5 Å². The first-order valence-electron chi connectivity index (χ1n) is 9.95. The SMILES string of the molecule is CC(C)Oc1ccccc1C(=O)Nc1ccc(OCCCc2ccccc2)cc1. The van der Waals surface area contributed by atoms with Gasteiger partial charge in [0.15, 0.2) is 0 Å². The second kappa shape index (κ2) is 10.3. The molecule has 0 unspecified atom stereocenters. The average molecular weight is 389 g/mol. The number of carbonyl (C=O) groups is 1. The van der Waals surface area contributed by atoms with Crippen molar-refractivity contribution in [2.24, 2.45) is 0 Å². The van der Waals surface area contributed by atoms with Gasteiger partial charge in [0, 0.05) is 5.69 Å². The maximum absolute atomic E-state index is 12.6. The van der Waals surface area contributed by atoms with Gasteiger partial charge >= 0.3 is 0 Å². The summed E-state index contributed by atoms with van der Waals surface area (Å²) in [7, 11) is 0. The monoisotopic (exact) mass is 389 g/mol. The van der Waals surface area contributed by atoms with Gasteiger partial charge in [0.2, 0.25) is 0 Å². The summed E-state index contributed by atoms with van der Waals surface area (Å²) < 4.78 is 11.5. The third-order valence-electron chi connectivity index (χ3n) is 4.33. The number of benzene rings is 3. The van der Waals surface area contributed by atoms with Gasteiger partial charge in [0.25, 0.3) is 5.91 Å². The van der Waals surface area contributed by atoms with Crippen LogP contribution in [0.15, 0.2) is 78.9 Å². The van der Waals surface area contributed by atoms with E-state index in [1.807, 2.05) is 56.3 Å². The lowest BCUT2D eigenvalue weighted by Gasteiger charge is -2.14. The van der Waals surface area contributed by atoms with Crippen molar-refractivity contribution in [3.63, 3.8) is 0 Å². The Balaban J connectivity index is 1.51. The van der Waals surface area contributed by atoms with E-state index in [1.54, 1.807) is 12.1 Å². The number of hydrogen-bond acceptors (Lipinski definition) is 3. The third-order valence-corrected chi connectivity index (χ3v) is 4.33. The summed E-state index contributed by atoms with van der Waals surface area (Å²) >= 11 is 0. The molecule has 3 aromatic rings. The number of hydrogen-bond donors (Lipinski definition) is 1. The van der Waals surface area contributed by atoms with Gasteiger partial charge < -0.3 is 14.8 Å². The minimum atomic E-state index is -0.197. The number of aryl methyl sites for hydroxylation is 1. The largest absolute Gasteiger partial charge is 0.494 e. The lowest BCUT2D eigenvalue weighted by atomic mass is 10.1. The minimum Gasteiger partial charge on any atom is -0.494 e. The Morgan fingerprint density at radius 3 is 2.31 bits per heavy atom. The molecule has 0 aromatic heterocycles. The van der Waals surface area contributed by atoms with Gasteiger partial charge in [0.1, 0.15) is 11.5 Å². The van der Waals surface area contributed by atoms with E-state index in [0.29, 0.717) is 23.6 Å². The van der Waals surface area contributed by atoms with Crippen LogP contribution in [0.3, 0.4) is 0 Å². The molecule has 3 rings (SSSR count). The molecule has 4 nitrogen and oxygen atoms in total. The zero-order valence-electron chi connectivity index (χ0n) is 16.9. The van der Waals surface area contributed by atoms with Crippen LogP contribution >= 0.6 is 0 Å². The zero-order valence-corrected chi connectivity index (χ0v) is 16.9. The molecule has 0 atom stereocenters. The Labute approximate surface area is 172 Å². The van der Waals surface area contributed by atoms with Crippen molar-refractivity contribution in [3.8, 4) is 11.5 Å². The summed E-state index contributed by atoms with van der Waals surface area (Å²) in [4.78, 5) is 12.6. The lowest BCUT2D eigenvalue weighted by Crippen LogP contribution is -2.15. The second-order valence-electron chi connectivity index (χ2n) is 7.08. The van der Waals surface area contributed by atoms with Crippen molar-refractivity contribution in [2.45, 2.75) is 32.8 Å². The second-order valence-corrected chi connectivity index (χ2v) is 7.08. The predicted molar refractivity (Wildman–Crippen MR) is 117 cm³/mol. The Morgan fingerprint density at radius 1 is 0.897 bits per heavy atom. The lowest BCUT2D eigenvalue weighted by molar-refractivity contribution is 0.102. The molecule has 0 aliphatic heterocycles. The van der Waals surface area contributed by atoms with Crippen LogP contribution in [-0.2, 0) is 6.42 Å². The molecule has 4 heteroatoms. The van der Waals surface area contributed by atoms with Crippen LogP contribution in [0.2, 0.25) is 0 Å². The van der Waals surface area contributed by atoms with E-state index in [2.05, 4.69) is 29.6 Å². The molecule has 29 heavy (non-hydrogen) atoms. The van der Waals surface area contributed by atoms with Crippen molar-refractivity contribution in [3.05, 3.63) is 90.0 Å². The summed E-state index contributed by atoms with van der Waals surface area (Å²) in [5.41, 5.74) is 2.55. The van der Waals surface area contributed by atoms with Crippen molar-refractivity contribution in [1.82, 2.24) is 0 Å². The number of carbonyl (C=O) groups excluding carboxylic acids is 1. The Bertz CT molecular complexity index is 905. The van der Waals surface area contributed by atoms with E-state index in [1.165, 1.54) is 5.56 Å². The smallest absolute Gasteiger partial charge is 0.259 e. The number of amides is 1. The number of anilines is 1. The predicted octanol–water partition coefficient (Wildman–Crippen LogP) is 5.74. The first-order valence-corrected chi connectivity index (χ1v) is 9.95. The average Bonchev–Trinajstić information content (AvgIpc) is 2.73. The van der Waals surface area contributed by atoms with E-state index in [4.69, 9.17) is 9.47 Å². The normalized spacial score (nSPS) is 10.6. The van der Waals surface area contributed by atoms with Gasteiger partial charge in [-0.05, 0) is 68.7 Å². The van der Waals surface area contributed by atoms with Gasteiger partial charge in [-0.3, -0.25) is 4.79 Å². The molecule has 0 aliphatic carbocycles. The van der Waals surface area contributed by atoms with E-state index < -0.39 is 0 Å². The number of rotatable bonds is 9. The Kier molecular flexibility index (Phi) is 7.28. The molecule has 0 spiro atoms. The fourth-order valence-corrected chi connectivity index (χ4v) is 2.95. The number of ether oxygens (including phenoxy) is 2. The van der Waals surface area contributed by atoms with Gasteiger partial charge in [0.05, 0.1) is 18.3 Å². The van der Waals surface area contributed by atoms with E-state index >= 15 is 0 Å². The molecular formula is C25H27NO3. The summed E-state index contributed by atoms with van der Waals surface area (Å²) in [5, 5.41) is 2.91. The van der Waals surface area contributed by atoms with Crippen molar-refractivity contribution < 1.29 is 14.3 Å². The number of para-hydroxylation sites is 1. The highest BCUT2D eigenvalue weighted by molar-refractivity contribution is 6.06. The highest BCUT2D eigenvalue weighted by Crippen LogP contribution is 2.22. The molecule has 0 aliphatic rings. The summed E-state index contributed by atoms with van der Waals surface area (Å²) in [5.74, 6) is 1.18. The van der Waals surface area contributed by atoms with E-state index in [0.717, 1.165) is 18.6 Å². The fourth-order valence-electron chi connectivity index (χ4n) is 2.95. The maximum atomic E-state index is 12.6. The number of nitrogens with one attached hydrogen (secondary N) is 1. The summed E-state index contributed by atoms with van der Waals surface area (Å²) in [6.45, 7) is 4.53. The molecule has 0 bridgehead atoms. The molecule has 0 fully saturated rings. The van der Waals surface area contributed by atoms with Crippen molar-refractivity contribution in [2.75, 3.05) is 11.9 Å². The molecule has 0 saturated carbocycles. The molecular weight excluding hydrogens is 362 g/mol. The highest BCUT2D eigenvalue weighted by atomic mass is 16.5. The zero-order chi connectivity index (χ0) is 20.5. The van der Waals surface area contributed by atoms with Crippen LogP contribution in [-0.4, -0.2) is 18.6 Å². The Hall–Kier alpha value is -3.27. The molecule has 150 valence electrons. The van der Waals surface area contributed by atoms with Crippen LogP contribution in [0.4, 0.5) is 5.69 Å². The van der Waals surface area contributed by atoms with Gasteiger partial charge in [-0.25, -0.2) is 0 Å². The van der Waals surface area contributed by atoms with Gasteiger partial charge in [-0.2, -0.15) is 0 Å². The van der Waals surface area contributed by atoms with E-state index in [9.17, 15) is 4.79 Å². The summed E-state index contributed by atoms with van der Waals surface area (Å²) in [6, 6.07) is 25.1. The molecule has 0 saturated heterocycles. The first kappa shape index (κ1) is 20.5. The van der Waals surface area contributed by atoms with Crippen LogP contribution in [0.1, 0.15) is 36.2 Å². The highest BCUT2D eigenvalue weighted by Gasteiger charge is 2.13. The quantitative estimate of drug-likeness (QED) is 0.475. The van der Waals surface area contributed by atoms with Crippen molar-refractivity contribution >= 4 is 11.6 Å². The molecule has 0 radical (unpaired) electrons.